The highest BCUT2D eigenvalue weighted by Gasteiger charge is 2.30. The van der Waals surface area contributed by atoms with Gasteiger partial charge in [0.15, 0.2) is 9.84 Å². The van der Waals surface area contributed by atoms with E-state index in [-0.39, 0.29) is 46.0 Å². The summed E-state index contributed by atoms with van der Waals surface area (Å²) < 4.78 is 35.3. The van der Waals surface area contributed by atoms with Gasteiger partial charge in [-0.15, -0.1) is 0 Å². The fourth-order valence-electron chi connectivity index (χ4n) is 5.70. The predicted octanol–water partition coefficient (Wildman–Crippen LogP) is 6.43. The maximum atomic E-state index is 13.8. The largest absolute Gasteiger partial charge is 0.464 e. The lowest BCUT2D eigenvalue weighted by molar-refractivity contribution is -0.147. The first-order valence-electron chi connectivity index (χ1n) is 15.0. The van der Waals surface area contributed by atoms with Gasteiger partial charge >= 0.3 is 5.97 Å². The first kappa shape index (κ1) is 33.3. The lowest BCUT2D eigenvalue weighted by Crippen LogP contribution is -2.43. The van der Waals surface area contributed by atoms with E-state index in [1.165, 1.54) is 12.1 Å². The van der Waals surface area contributed by atoms with Crippen molar-refractivity contribution in [1.82, 2.24) is 10.2 Å². The van der Waals surface area contributed by atoms with E-state index in [9.17, 15) is 22.8 Å². The number of hydrogen-bond acceptors (Lipinski definition) is 7. The van der Waals surface area contributed by atoms with Crippen LogP contribution in [0.4, 0.5) is 0 Å². The number of amides is 2. The van der Waals surface area contributed by atoms with Crippen LogP contribution < -0.4 is 5.32 Å². The summed E-state index contributed by atoms with van der Waals surface area (Å²) >= 11 is 13.5. The zero-order valence-electron chi connectivity index (χ0n) is 25.7. The van der Waals surface area contributed by atoms with Gasteiger partial charge in [-0.05, 0) is 65.1 Å². The van der Waals surface area contributed by atoms with Crippen LogP contribution in [-0.2, 0) is 45.4 Å². The summed E-state index contributed by atoms with van der Waals surface area (Å²) in [6.07, 6.45) is 2.99. The molecule has 0 aliphatic carbocycles. The Kier molecular flexibility index (Phi) is 9.59. The fourth-order valence-corrected chi connectivity index (χ4v) is 7.15. The molecule has 1 aliphatic heterocycles. The Bertz CT molecular complexity index is 2150. The normalized spacial score (nSPS) is 13.5. The smallest absolute Gasteiger partial charge is 0.329 e. The molecule has 0 bridgehead atoms. The van der Waals surface area contributed by atoms with Crippen LogP contribution in [0.25, 0.3) is 11.0 Å². The molecule has 9 nitrogen and oxygen atoms in total. The van der Waals surface area contributed by atoms with Gasteiger partial charge in [-0.1, -0.05) is 71.7 Å². The Balaban J connectivity index is 1.23. The summed E-state index contributed by atoms with van der Waals surface area (Å²) in [6, 6.07) is 22.7. The predicted molar refractivity (Wildman–Crippen MR) is 182 cm³/mol. The van der Waals surface area contributed by atoms with E-state index in [0.29, 0.717) is 40.8 Å². The van der Waals surface area contributed by atoms with Crippen LogP contribution in [0.15, 0.2) is 101 Å². The Hall–Kier alpha value is -4.64. The number of hydrogen-bond donors (Lipinski definition) is 1. The maximum Gasteiger partial charge on any atom is 0.329 e. The molecule has 0 fully saturated rings. The van der Waals surface area contributed by atoms with Crippen molar-refractivity contribution in [1.29, 1.82) is 0 Å². The van der Waals surface area contributed by atoms with Crippen LogP contribution in [0.5, 0.6) is 0 Å². The van der Waals surface area contributed by atoms with Crippen molar-refractivity contribution in [3.8, 4) is 0 Å². The second-order valence-corrected chi connectivity index (χ2v) is 14.4. The molecule has 1 N–H and O–H groups in total. The lowest BCUT2D eigenvalue weighted by atomic mass is 9.95. The second kappa shape index (κ2) is 13.8. The van der Waals surface area contributed by atoms with Crippen LogP contribution in [-0.4, -0.2) is 49.9 Å². The van der Waals surface area contributed by atoms with E-state index in [4.69, 9.17) is 32.4 Å². The van der Waals surface area contributed by atoms with Gasteiger partial charge in [-0.3, -0.25) is 9.59 Å². The molecule has 0 saturated carbocycles. The third kappa shape index (κ3) is 7.26. The molecule has 2 amide bonds. The number of rotatable bonds is 9. The van der Waals surface area contributed by atoms with Crippen LogP contribution in [0.2, 0.25) is 10.0 Å². The number of sulfone groups is 1. The van der Waals surface area contributed by atoms with Crippen molar-refractivity contribution in [2.45, 2.75) is 36.9 Å². The SMILES string of the molecule is CS(=O)(=O)c1cccc(C[C@@H](NC(=O)c2c(Cl)cc3c(c2Cl)CCN(C(=O)c2ccc4ccoc4c2)C3)C(=O)OCc2ccccc2)c1. The van der Waals surface area contributed by atoms with Gasteiger partial charge in [0, 0.05) is 36.7 Å². The number of esters is 1. The number of ether oxygens (including phenoxy) is 1. The van der Waals surface area contributed by atoms with Gasteiger partial charge in [0.25, 0.3) is 11.8 Å². The third-order valence-corrected chi connectivity index (χ3v) is 10.0. The summed E-state index contributed by atoms with van der Waals surface area (Å²) in [5, 5.41) is 3.81. The van der Waals surface area contributed by atoms with Gasteiger partial charge in [0.2, 0.25) is 0 Å². The minimum Gasteiger partial charge on any atom is -0.464 e. The minimum absolute atomic E-state index is 0.00845. The molecule has 1 atom stereocenters. The molecule has 1 aromatic heterocycles. The Morgan fingerprint density at radius 2 is 1.73 bits per heavy atom. The monoisotopic (exact) mass is 704 g/mol. The Morgan fingerprint density at radius 1 is 0.958 bits per heavy atom. The van der Waals surface area contributed by atoms with E-state index < -0.39 is 27.8 Å². The topological polar surface area (TPSA) is 123 Å². The quantitative estimate of drug-likeness (QED) is 0.176. The average Bonchev–Trinajstić information content (AvgIpc) is 3.55. The van der Waals surface area contributed by atoms with Crippen molar-refractivity contribution in [2.75, 3.05) is 12.8 Å². The molecule has 246 valence electrons. The first-order valence-corrected chi connectivity index (χ1v) is 17.7. The molecule has 0 saturated heterocycles. The molecule has 12 heteroatoms. The number of carbonyl (C=O) groups excluding carboxylic acids is 3. The molecular formula is C36H30Cl2N2O7S. The minimum atomic E-state index is -3.51. The van der Waals surface area contributed by atoms with E-state index in [2.05, 4.69) is 5.32 Å². The van der Waals surface area contributed by atoms with Crippen molar-refractivity contribution >= 4 is 61.8 Å². The number of fused-ring (bicyclic) bond motifs is 2. The number of furan rings is 1. The Labute approximate surface area is 287 Å². The molecule has 0 radical (unpaired) electrons. The lowest BCUT2D eigenvalue weighted by Gasteiger charge is -2.30. The molecule has 2 heterocycles. The number of benzene rings is 4. The first-order chi connectivity index (χ1) is 23.0. The standard InChI is InChI=1S/C36H30Cl2N2O7S/c1-48(44,45)27-9-5-8-23(16-27)17-30(36(43)47-21-22-6-3-2-4-7-22)39-34(41)32-29(37)18-26-20-40(14-12-28(26)33(32)38)35(42)25-11-10-24-13-15-46-31(24)19-25/h2-11,13,15-16,18-19,30H,12,14,17,20-21H2,1H3,(H,39,41)/t30-/m1/s1. The zero-order valence-corrected chi connectivity index (χ0v) is 28.1. The fraction of sp³-hybridized carbons (Fsp3) is 0.194. The third-order valence-electron chi connectivity index (χ3n) is 8.20. The van der Waals surface area contributed by atoms with Crippen LogP contribution in [0, 0.1) is 0 Å². The van der Waals surface area contributed by atoms with Crippen LogP contribution in [0.3, 0.4) is 0 Å². The van der Waals surface area contributed by atoms with Crippen molar-refractivity contribution in [2.24, 2.45) is 0 Å². The van der Waals surface area contributed by atoms with Crippen molar-refractivity contribution in [3.05, 3.63) is 135 Å². The number of nitrogens with one attached hydrogen (secondary N) is 1. The van der Waals surface area contributed by atoms with Crippen LogP contribution in [0.1, 0.15) is 43.0 Å². The molecule has 1 aliphatic rings. The number of nitrogens with zero attached hydrogens (tertiary/aromatic N) is 1. The van der Waals surface area contributed by atoms with Gasteiger partial charge in [-0.2, -0.15) is 0 Å². The van der Waals surface area contributed by atoms with E-state index in [0.717, 1.165) is 17.2 Å². The highest BCUT2D eigenvalue weighted by atomic mass is 35.5. The zero-order chi connectivity index (χ0) is 34.0. The highest BCUT2D eigenvalue weighted by Crippen LogP contribution is 2.35. The second-order valence-electron chi connectivity index (χ2n) is 11.6. The average molecular weight is 706 g/mol. The summed E-state index contributed by atoms with van der Waals surface area (Å²) in [5.41, 5.74) is 3.73. The molecule has 5 aromatic rings. The van der Waals surface area contributed by atoms with Crippen LogP contribution >= 0.6 is 23.2 Å². The van der Waals surface area contributed by atoms with Gasteiger partial charge < -0.3 is 19.4 Å². The molecule has 48 heavy (non-hydrogen) atoms. The van der Waals surface area contributed by atoms with E-state index in [1.807, 2.05) is 30.3 Å². The summed E-state index contributed by atoms with van der Waals surface area (Å²) in [7, 11) is -3.51. The molecule has 0 unspecified atom stereocenters. The summed E-state index contributed by atoms with van der Waals surface area (Å²) in [6.45, 7) is 0.562. The summed E-state index contributed by atoms with van der Waals surface area (Å²) in [5.74, 6) is -1.59. The van der Waals surface area contributed by atoms with E-state index >= 15 is 0 Å². The van der Waals surface area contributed by atoms with Crippen molar-refractivity contribution < 1.29 is 32.0 Å². The molecule has 4 aromatic carbocycles. The number of halogens is 2. The van der Waals surface area contributed by atoms with Gasteiger partial charge in [0.1, 0.15) is 18.2 Å². The Morgan fingerprint density at radius 3 is 2.50 bits per heavy atom. The molecule has 0 spiro atoms. The summed E-state index contributed by atoms with van der Waals surface area (Å²) in [4.78, 5) is 42.3. The van der Waals surface area contributed by atoms with Crippen molar-refractivity contribution in [3.63, 3.8) is 0 Å². The van der Waals surface area contributed by atoms with E-state index in [1.54, 1.807) is 53.6 Å². The number of carbonyl (C=O) groups is 3. The van der Waals surface area contributed by atoms with Gasteiger partial charge in [-0.25, -0.2) is 13.2 Å². The maximum absolute atomic E-state index is 13.8. The van der Waals surface area contributed by atoms with Gasteiger partial charge in [0.05, 0.1) is 26.8 Å². The molecule has 6 rings (SSSR count). The highest BCUT2D eigenvalue weighted by molar-refractivity contribution is 7.90. The molecular weight excluding hydrogens is 675 g/mol.